The van der Waals surface area contributed by atoms with Gasteiger partial charge in [-0.25, -0.2) is 0 Å². The van der Waals surface area contributed by atoms with Gasteiger partial charge in [0.25, 0.3) is 0 Å². The van der Waals surface area contributed by atoms with E-state index in [9.17, 15) is 0 Å². The SMILES string of the molecule is CC(C)(C)c1cccc(Oc2cc(Br)ccc2CN)c1. The third kappa shape index (κ3) is 3.62. The van der Waals surface area contributed by atoms with E-state index >= 15 is 0 Å². The van der Waals surface area contributed by atoms with Crippen LogP contribution < -0.4 is 10.5 Å². The molecule has 0 heterocycles. The third-order valence-corrected chi connectivity index (χ3v) is 3.67. The molecule has 0 saturated carbocycles. The van der Waals surface area contributed by atoms with Crippen LogP contribution in [0.3, 0.4) is 0 Å². The van der Waals surface area contributed by atoms with Crippen molar-refractivity contribution in [3.05, 3.63) is 58.1 Å². The number of rotatable bonds is 3. The highest BCUT2D eigenvalue weighted by Gasteiger charge is 2.14. The van der Waals surface area contributed by atoms with Crippen LogP contribution in [0.5, 0.6) is 11.5 Å². The molecule has 2 aromatic carbocycles. The van der Waals surface area contributed by atoms with Gasteiger partial charge in [-0.3, -0.25) is 0 Å². The summed E-state index contributed by atoms with van der Waals surface area (Å²) in [5, 5.41) is 0. The zero-order valence-electron chi connectivity index (χ0n) is 12.1. The maximum absolute atomic E-state index is 6.01. The fourth-order valence-electron chi connectivity index (χ4n) is 1.95. The Labute approximate surface area is 129 Å². The van der Waals surface area contributed by atoms with Crippen LogP contribution in [0.2, 0.25) is 0 Å². The van der Waals surface area contributed by atoms with Gasteiger partial charge in [-0.1, -0.05) is 54.9 Å². The number of benzene rings is 2. The summed E-state index contributed by atoms with van der Waals surface area (Å²) in [7, 11) is 0. The maximum Gasteiger partial charge on any atom is 0.133 e. The van der Waals surface area contributed by atoms with Crippen molar-refractivity contribution in [1.29, 1.82) is 0 Å². The van der Waals surface area contributed by atoms with E-state index in [0.717, 1.165) is 21.5 Å². The minimum absolute atomic E-state index is 0.105. The molecule has 0 aromatic heterocycles. The lowest BCUT2D eigenvalue weighted by Gasteiger charge is -2.20. The molecule has 0 atom stereocenters. The quantitative estimate of drug-likeness (QED) is 0.857. The number of hydrogen-bond acceptors (Lipinski definition) is 2. The molecule has 2 N–H and O–H groups in total. The van der Waals surface area contributed by atoms with E-state index in [1.807, 2.05) is 30.3 Å². The molecule has 0 aliphatic carbocycles. The van der Waals surface area contributed by atoms with Crippen LogP contribution in [0.4, 0.5) is 0 Å². The Bertz CT molecular complexity index is 602. The van der Waals surface area contributed by atoms with E-state index in [-0.39, 0.29) is 5.41 Å². The van der Waals surface area contributed by atoms with Crippen LogP contribution in [0.1, 0.15) is 31.9 Å². The highest BCUT2D eigenvalue weighted by molar-refractivity contribution is 9.10. The average molecular weight is 334 g/mol. The van der Waals surface area contributed by atoms with Gasteiger partial charge in [0.2, 0.25) is 0 Å². The molecular weight excluding hydrogens is 314 g/mol. The molecule has 0 fully saturated rings. The maximum atomic E-state index is 6.01. The van der Waals surface area contributed by atoms with Crippen molar-refractivity contribution in [2.45, 2.75) is 32.7 Å². The molecule has 0 bridgehead atoms. The van der Waals surface area contributed by atoms with Crippen molar-refractivity contribution in [1.82, 2.24) is 0 Å². The van der Waals surface area contributed by atoms with Gasteiger partial charge in [-0.15, -0.1) is 0 Å². The Hall–Kier alpha value is -1.32. The van der Waals surface area contributed by atoms with Crippen LogP contribution in [-0.2, 0) is 12.0 Å². The Kier molecular flexibility index (Phi) is 4.51. The van der Waals surface area contributed by atoms with Crippen molar-refractivity contribution in [3.63, 3.8) is 0 Å². The summed E-state index contributed by atoms with van der Waals surface area (Å²) in [6, 6.07) is 14.1. The Morgan fingerprint density at radius 2 is 1.85 bits per heavy atom. The van der Waals surface area contributed by atoms with Crippen LogP contribution in [0, 0.1) is 0 Å². The summed E-state index contributed by atoms with van der Waals surface area (Å²) >= 11 is 3.46. The minimum Gasteiger partial charge on any atom is -0.457 e. The highest BCUT2D eigenvalue weighted by Crippen LogP contribution is 2.31. The van der Waals surface area contributed by atoms with Gasteiger partial charge in [0.05, 0.1) is 0 Å². The molecule has 0 aliphatic heterocycles. The van der Waals surface area contributed by atoms with Crippen molar-refractivity contribution >= 4 is 15.9 Å². The number of hydrogen-bond donors (Lipinski definition) is 1. The topological polar surface area (TPSA) is 35.2 Å². The second-order valence-corrected chi connectivity index (χ2v) is 6.75. The lowest BCUT2D eigenvalue weighted by atomic mass is 9.87. The van der Waals surface area contributed by atoms with Crippen LogP contribution in [0.15, 0.2) is 46.9 Å². The number of nitrogens with two attached hydrogens (primary N) is 1. The average Bonchev–Trinajstić information content (AvgIpc) is 2.38. The van der Waals surface area contributed by atoms with Crippen molar-refractivity contribution in [2.75, 3.05) is 0 Å². The smallest absolute Gasteiger partial charge is 0.133 e. The molecule has 2 nitrogen and oxygen atoms in total. The fourth-order valence-corrected chi connectivity index (χ4v) is 2.29. The first-order valence-corrected chi connectivity index (χ1v) is 7.46. The van der Waals surface area contributed by atoms with Gasteiger partial charge >= 0.3 is 0 Å². The van der Waals surface area contributed by atoms with Crippen LogP contribution in [-0.4, -0.2) is 0 Å². The summed E-state index contributed by atoms with van der Waals surface area (Å²) in [6.45, 7) is 7.03. The molecule has 0 spiro atoms. The highest BCUT2D eigenvalue weighted by atomic mass is 79.9. The van der Waals surface area contributed by atoms with E-state index in [1.165, 1.54) is 5.56 Å². The summed E-state index contributed by atoms with van der Waals surface area (Å²) in [6.07, 6.45) is 0. The molecule has 0 amide bonds. The first-order valence-electron chi connectivity index (χ1n) is 6.67. The van der Waals surface area contributed by atoms with E-state index in [0.29, 0.717) is 6.54 Å². The summed E-state index contributed by atoms with van der Waals surface area (Å²) in [5.41, 5.74) is 8.11. The van der Waals surface area contributed by atoms with Crippen molar-refractivity contribution in [3.8, 4) is 11.5 Å². The molecule has 20 heavy (non-hydrogen) atoms. The van der Waals surface area contributed by atoms with Crippen LogP contribution >= 0.6 is 15.9 Å². The second kappa shape index (κ2) is 5.98. The van der Waals surface area contributed by atoms with Gasteiger partial charge in [0.1, 0.15) is 11.5 Å². The Morgan fingerprint density at radius 1 is 1.10 bits per heavy atom. The predicted octanol–water partition coefficient (Wildman–Crippen LogP) is 5.00. The van der Waals surface area contributed by atoms with Gasteiger partial charge in [0, 0.05) is 16.6 Å². The summed E-state index contributed by atoms with van der Waals surface area (Å²) in [4.78, 5) is 0. The zero-order valence-corrected chi connectivity index (χ0v) is 13.7. The second-order valence-electron chi connectivity index (χ2n) is 5.84. The van der Waals surface area contributed by atoms with Crippen molar-refractivity contribution < 1.29 is 4.74 Å². The van der Waals surface area contributed by atoms with Gasteiger partial charge in [0.15, 0.2) is 0 Å². The number of ether oxygens (including phenoxy) is 1. The standard InChI is InChI=1S/C17H20BrNO/c1-17(2,3)13-5-4-6-15(9-13)20-16-10-14(18)8-7-12(16)11-19/h4-10H,11,19H2,1-3H3. The van der Waals surface area contributed by atoms with E-state index in [1.54, 1.807) is 0 Å². The molecule has 0 unspecified atom stereocenters. The molecule has 0 radical (unpaired) electrons. The first-order chi connectivity index (χ1) is 9.40. The van der Waals surface area contributed by atoms with Crippen LogP contribution in [0.25, 0.3) is 0 Å². The molecule has 0 saturated heterocycles. The lowest BCUT2D eigenvalue weighted by Crippen LogP contribution is -2.10. The van der Waals surface area contributed by atoms with E-state index in [4.69, 9.17) is 10.5 Å². The third-order valence-electron chi connectivity index (χ3n) is 3.18. The lowest BCUT2D eigenvalue weighted by molar-refractivity contribution is 0.472. The summed E-state index contributed by atoms with van der Waals surface area (Å²) in [5.74, 6) is 1.64. The first kappa shape index (κ1) is 15.1. The van der Waals surface area contributed by atoms with Gasteiger partial charge in [-0.2, -0.15) is 0 Å². The summed E-state index contributed by atoms with van der Waals surface area (Å²) < 4.78 is 6.99. The normalized spacial score (nSPS) is 11.4. The molecule has 3 heteroatoms. The van der Waals surface area contributed by atoms with Gasteiger partial charge < -0.3 is 10.5 Å². The Morgan fingerprint density at radius 3 is 2.50 bits per heavy atom. The van der Waals surface area contributed by atoms with Gasteiger partial charge in [-0.05, 0) is 35.2 Å². The molecule has 106 valence electrons. The molecule has 0 aliphatic rings. The van der Waals surface area contributed by atoms with Crippen molar-refractivity contribution in [2.24, 2.45) is 5.73 Å². The number of halogens is 1. The minimum atomic E-state index is 0.105. The predicted molar refractivity (Wildman–Crippen MR) is 87.2 cm³/mol. The fraction of sp³-hybridized carbons (Fsp3) is 0.294. The molecule has 2 rings (SSSR count). The monoisotopic (exact) mass is 333 g/mol. The van der Waals surface area contributed by atoms with E-state index in [2.05, 4.69) is 48.8 Å². The Balaban J connectivity index is 2.33. The molecular formula is C17H20BrNO. The van der Waals surface area contributed by atoms with E-state index < -0.39 is 0 Å². The largest absolute Gasteiger partial charge is 0.457 e. The molecule has 2 aromatic rings. The zero-order chi connectivity index (χ0) is 14.8.